The minimum atomic E-state index is -0.677. The molecule has 0 aromatic carbocycles. The Morgan fingerprint density at radius 3 is 1.32 bits per heavy atom. The molecule has 3 N–H and O–H groups in total. The number of carbonyl (C=O) groups excluding carboxylic acids is 2. The van der Waals surface area contributed by atoms with E-state index in [1.807, 2.05) is 0 Å². The molecule has 2 atom stereocenters. The smallest absolute Gasteiger partial charge is 0.305 e. The highest BCUT2D eigenvalue weighted by Gasteiger charge is 2.20. The molecule has 0 saturated carbocycles. The average molecular weight is 790 g/mol. The highest BCUT2D eigenvalue weighted by molar-refractivity contribution is 5.76. The Morgan fingerprint density at radius 2 is 0.875 bits per heavy atom. The van der Waals surface area contributed by atoms with Gasteiger partial charge in [-0.15, -0.1) is 0 Å². The summed E-state index contributed by atoms with van der Waals surface area (Å²) < 4.78 is 5.42. The number of amides is 1. The summed E-state index contributed by atoms with van der Waals surface area (Å²) in [6.45, 7) is 4.88. The van der Waals surface area contributed by atoms with Gasteiger partial charge < -0.3 is 20.3 Å². The third kappa shape index (κ3) is 42.0. The zero-order chi connectivity index (χ0) is 40.8. The maximum Gasteiger partial charge on any atom is 0.305 e. The second-order valence-corrected chi connectivity index (χ2v) is 16.8. The van der Waals surface area contributed by atoms with Gasteiger partial charge in [-0.3, -0.25) is 9.59 Å². The largest absolute Gasteiger partial charge is 0.466 e. The van der Waals surface area contributed by atoms with E-state index in [1.165, 1.54) is 148 Å². The zero-order valence-corrected chi connectivity index (χ0v) is 37.4. The van der Waals surface area contributed by atoms with Gasteiger partial charge in [0.25, 0.3) is 0 Å². The van der Waals surface area contributed by atoms with Gasteiger partial charge in [0.05, 0.1) is 25.4 Å². The van der Waals surface area contributed by atoms with Gasteiger partial charge >= 0.3 is 5.97 Å². The lowest BCUT2D eigenvalue weighted by Gasteiger charge is -2.22. The molecule has 0 spiro atoms. The van der Waals surface area contributed by atoms with E-state index < -0.39 is 12.1 Å². The summed E-state index contributed by atoms with van der Waals surface area (Å²) in [6, 6.07) is -0.556. The number of esters is 1. The number of ether oxygens (including phenoxy) is 1. The first-order valence-corrected chi connectivity index (χ1v) is 24.6. The van der Waals surface area contributed by atoms with Gasteiger partial charge in [-0.2, -0.15) is 0 Å². The summed E-state index contributed by atoms with van der Waals surface area (Å²) in [7, 11) is 0. The molecular formula is C50H95NO5. The lowest BCUT2D eigenvalue weighted by Crippen LogP contribution is -2.45. The molecule has 6 heteroatoms. The predicted molar refractivity (Wildman–Crippen MR) is 241 cm³/mol. The molecule has 0 bridgehead atoms. The van der Waals surface area contributed by atoms with Crippen molar-refractivity contribution in [3.63, 3.8) is 0 Å². The molecule has 0 aliphatic rings. The van der Waals surface area contributed by atoms with Crippen LogP contribution in [0.3, 0.4) is 0 Å². The SMILES string of the molecule is CCCCCCCCCCCCCCCC(O)C(CO)NC(=O)CCCCCCCC/C=C\C=C/CCCCCOC(=O)CCCCCCCCCCCCC. The van der Waals surface area contributed by atoms with Crippen LogP contribution in [0.2, 0.25) is 0 Å². The minimum Gasteiger partial charge on any atom is -0.466 e. The van der Waals surface area contributed by atoms with Crippen LogP contribution in [0.25, 0.3) is 0 Å². The van der Waals surface area contributed by atoms with E-state index in [4.69, 9.17) is 4.74 Å². The molecule has 56 heavy (non-hydrogen) atoms. The Morgan fingerprint density at radius 1 is 0.500 bits per heavy atom. The van der Waals surface area contributed by atoms with Crippen molar-refractivity contribution in [3.05, 3.63) is 24.3 Å². The van der Waals surface area contributed by atoms with Gasteiger partial charge in [0.2, 0.25) is 5.91 Å². The maximum atomic E-state index is 12.4. The summed E-state index contributed by atoms with van der Waals surface area (Å²) in [5.41, 5.74) is 0. The fraction of sp³-hybridized carbons (Fsp3) is 0.880. The number of unbranched alkanes of at least 4 members (excludes halogenated alkanes) is 31. The molecule has 0 fully saturated rings. The highest BCUT2D eigenvalue weighted by atomic mass is 16.5. The van der Waals surface area contributed by atoms with Crippen molar-refractivity contribution in [2.75, 3.05) is 13.2 Å². The lowest BCUT2D eigenvalue weighted by atomic mass is 10.0. The fourth-order valence-corrected chi connectivity index (χ4v) is 7.45. The molecule has 330 valence electrons. The van der Waals surface area contributed by atoms with Gasteiger partial charge in [0.1, 0.15) is 0 Å². The second kappa shape index (κ2) is 46.0. The Bertz CT molecular complexity index is 874. The van der Waals surface area contributed by atoms with E-state index in [2.05, 4.69) is 43.5 Å². The van der Waals surface area contributed by atoms with Crippen LogP contribution in [0.1, 0.15) is 258 Å². The topological polar surface area (TPSA) is 95.9 Å². The normalized spacial score (nSPS) is 12.9. The zero-order valence-electron chi connectivity index (χ0n) is 37.4. The van der Waals surface area contributed by atoms with Crippen LogP contribution in [-0.2, 0) is 14.3 Å². The van der Waals surface area contributed by atoms with Gasteiger partial charge in [0, 0.05) is 12.8 Å². The van der Waals surface area contributed by atoms with Crippen LogP contribution < -0.4 is 5.32 Å². The first kappa shape index (κ1) is 54.3. The number of rotatable bonds is 45. The first-order valence-electron chi connectivity index (χ1n) is 24.6. The summed E-state index contributed by atoms with van der Waals surface area (Å²) >= 11 is 0. The lowest BCUT2D eigenvalue weighted by molar-refractivity contribution is -0.143. The Kier molecular flexibility index (Phi) is 44.7. The van der Waals surface area contributed by atoms with Crippen LogP contribution in [-0.4, -0.2) is 47.4 Å². The van der Waals surface area contributed by atoms with Crippen molar-refractivity contribution >= 4 is 11.9 Å². The van der Waals surface area contributed by atoms with Crippen molar-refractivity contribution < 1.29 is 24.5 Å². The summed E-state index contributed by atoms with van der Waals surface area (Å²) in [6.07, 6.45) is 52.8. The number of aliphatic hydroxyl groups is 2. The molecule has 2 unspecified atom stereocenters. The third-order valence-electron chi connectivity index (χ3n) is 11.3. The van der Waals surface area contributed by atoms with E-state index in [-0.39, 0.29) is 18.5 Å². The molecule has 0 saturated heterocycles. The average Bonchev–Trinajstić information content (AvgIpc) is 3.20. The molecule has 0 aromatic heterocycles. The van der Waals surface area contributed by atoms with Crippen molar-refractivity contribution in [1.82, 2.24) is 5.32 Å². The van der Waals surface area contributed by atoms with E-state index in [0.29, 0.717) is 25.9 Å². The number of hydrogen-bond donors (Lipinski definition) is 3. The number of allylic oxidation sites excluding steroid dienone is 4. The van der Waals surface area contributed by atoms with Gasteiger partial charge in [-0.1, -0.05) is 212 Å². The molecular weight excluding hydrogens is 695 g/mol. The number of hydrogen-bond acceptors (Lipinski definition) is 5. The van der Waals surface area contributed by atoms with E-state index in [0.717, 1.165) is 77.0 Å². The Hall–Kier alpha value is -1.66. The molecule has 0 heterocycles. The van der Waals surface area contributed by atoms with E-state index in [1.54, 1.807) is 0 Å². The van der Waals surface area contributed by atoms with Gasteiger partial charge in [-0.25, -0.2) is 0 Å². The number of nitrogens with one attached hydrogen (secondary N) is 1. The second-order valence-electron chi connectivity index (χ2n) is 16.8. The van der Waals surface area contributed by atoms with Crippen LogP contribution in [0.15, 0.2) is 24.3 Å². The molecule has 0 radical (unpaired) electrons. The maximum absolute atomic E-state index is 12.4. The predicted octanol–water partition coefficient (Wildman–Crippen LogP) is 14.3. The van der Waals surface area contributed by atoms with Crippen LogP contribution >= 0.6 is 0 Å². The minimum absolute atomic E-state index is 0.0224. The fourth-order valence-electron chi connectivity index (χ4n) is 7.45. The Balaban J connectivity index is 3.53. The summed E-state index contributed by atoms with van der Waals surface area (Å²) in [4.78, 5) is 24.4. The van der Waals surface area contributed by atoms with Crippen LogP contribution in [0, 0.1) is 0 Å². The highest BCUT2D eigenvalue weighted by Crippen LogP contribution is 2.16. The monoisotopic (exact) mass is 790 g/mol. The van der Waals surface area contributed by atoms with Crippen molar-refractivity contribution in [1.29, 1.82) is 0 Å². The molecule has 0 aromatic rings. The summed E-state index contributed by atoms with van der Waals surface area (Å²) in [5.74, 6) is -0.0804. The number of aliphatic hydroxyl groups excluding tert-OH is 2. The van der Waals surface area contributed by atoms with Crippen molar-refractivity contribution in [3.8, 4) is 0 Å². The third-order valence-corrected chi connectivity index (χ3v) is 11.3. The van der Waals surface area contributed by atoms with Crippen LogP contribution in [0.4, 0.5) is 0 Å². The number of carbonyl (C=O) groups is 2. The quantitative estimate of drug-likeness (QED) is 0.0324. The van der Waals surface area contributed by atoms with Crippen molar-refractivity contribution in [2.45, 2.75) is 270 Å². The van der Waals surface area contributed by atoms with Crippen LogP contribution in [0.5, 0.6) is 0 Å². The Labute approximate surface area is 348 Å². The molecule has 0 aliphatic carbocycles. The molecule has 6 nitrogen and oxygen atoms in total. The first-order chi connectivity index (χ1) is 27.5. The van der Waals surface area contributed by atoms with Crippen molar-refractivity contribution in [2.24, 2.45) is 0 Å². The molecule has 0 rings (SSSR count). The van der Waals surface area contributed by atoms with Gasteiger partial charge in [-0.05, 0) is 57.8 Å². The van der Waals surface area contributed by atoms with E-state index >= 15 is 0 Å². The molecule has 1 amide bonds. The standard InChI is InChI=1S/C50H95NO5/c1-3-5-7-9-11-13-15-19-23-26-30-34-38-42-48(53)47(46-52)51-49(54)43-39-35-31-27-24-20-17-16-18-21-25-29-33-37-41-45-56-50(55)44-40-36-32-28-22-14-12-10-8-6-4-2/h16,18,21,25,47-48,52-53H,3-15,17,19-20,22-24,26-46H2,1-2H3,(H,51,54)/b18-16-,25-21-. The summed E-state index contributed by atoms with van der Waals surface area (Å²) in [5, 5.41) is 23.1. The van der Waals surface area contributed by atoms with Gasteiger partial charge in [0.15, 0.2) is 0 Å². The van der Waals surface area contributed by atoms with E-state index in [9.17, 15) is 19.8 Å². The molecule has 0 aliphatic heterocycles.